The van der Waals surface area contributed by atoms with Crippen molar-refractivity contribution in [3.63, 3.8) is 0 Å². The van der Waals surface area contributed by atoms with Gasteiger partial charge in [0.05, 0.1) is 17.3 Å². The molecular weight excluding hydrogens is 398 g/mol. The first-order valence-corrected chi connectivity index (χ1v) is 10.1. The van der Waals surface area contributed by atoms with Gasteiger partial charge >= 0.3 is 0 Å². The molecule has 0 aromatic carbocycles. The molecule has 11 heteroatoms. The Kier molecular flexibility index (Phi) is 5.83. The second kappa shape index (κ2) is 8.86. The minimum atomic E-state index is -0.137. The zero-order valence-electron chi connectivity index (χ0n) is 17.3. The van der Waals surface area contributed by atoms with Crippen LogP contribution < -0.4 is 16.0 Å². The van der Waals surface area contributed by atoms with Crippen molar-refractivity contribution in [1.29, 1.82) is 0 Å². The van der Waals surface area contributed by atoms with E-state index >= 15 is 0 Å². The topological polar surface area (TPSA) is 133 Å². The Labute approximate surface area is 178 Å². The van der Waals surface area contributed by atoms with Gasteiger partial charge in [0.2, 0.25) is 17.8 Å². The summed E-state index contributed by atoms with van der Waals surface area (Å²) in [5.41, 5.74) is 1.36. The van der Waals surface area contributed by atoms with Crippen LogP contribution in [0.25, 0.3) is 11.0 Å². The maximum Gasteiger partial charge on any atom is 0.246 e. The van der Waals surface area contributed by atoms with Crippen LogP contribution in [0.4, 0.5) is 17.5 Å². The Bertz CT molecular complexity index is 1100. The smallest absolute Gasteiger partial charge is 0.246 e. The SMILES string of the molecule is C=CC(=O)N1CCCC(Nc2nc(Nc3cnn(CC(=O)NC)c3)nc3[nH]ccc23)C1. The summed E-state index contributed by atoms with van der Waals surface area (Å²) in [6.07, 6.45) is 8.33. The number of hydrogen-bond donors (Lipinski definition) is 4. The van der Waals surface area contributed by atoms with Gasteiger partial charge in [-0.1, -0.05) is 6.58 Å². The number of aromatic amines is 1. The zero-order chi connectivity index (χ0) is 21.8. The summed E-state index contributed by atoms with van der Waals surface area (Å²) in [6.45, 7) is 5.04. The summed E-state index contributed by atoms with van der Waals surface area (Å²) >= 11 is 0. The van der Waals surface area contributed by atoms with Crippen LogP contribution in [-0.2, 0) is 16.1 Å². The minimum Gasteiger partial charge on any atom is -0.365 e. The number of anilines is 3. The number of H-pyrrole nitrogens is 1. The average molecular weight is 423 g/mol. The quantitative estimate of drug-likeness (QED) is 0.420. The molecule has 4 N–H and O–H groups in total. The first kappa shape index (κ1) is 20.4. The summed E-state index contributed by atoms with van der Waals surface area (Å²) in [6, 6.07) is 1.99. The number of carbonyl (C=O) groups is 2. The van der Waals surface area contributed by atoms with Gasteiger partial charge < -0.3 is 25.8 Å². The van der Waals surface area contributed by atoms with Crippen molar-refractivity contribution in [2.24, 2.45) is 0 Å². The molecule has 1 fully saturated rings. The van der Waals surface area contributed by atoms with E-state index in [0.717, 1.165) is 24.8 Å². The predicted octanol–water partition coefficient (Wildman–Crippen LogP) is 1.23. The summed E-state index contributed by atoms with van der Waals surface area (Å²) < 4.78 is 1.53. The van der Waals surface area contributed by atoms with Gasteiger partial charge in [0.1, 0.15) is 18.0 Å². The summed E-state index contributed by atoms with van der Waals surface area (Å²) in [5.74, 6) is 0.884. The molecule has 1 aliphatic rings. The number of aromatic nitrogens is 5. The number of nitrogens with one attached hydrogen (secondary N) is 4. The van der Waals surface area contributed by atoms with Gasteiger partial charge in [0, 0.05) is 38.6 Å². The third-order valence-corrected chi connectivity index (χ3v) is 5.14. The third kappa shape index (κ3) is 4.65. The van der Waals surface area contributed by atoms with Crippen LogP contribution in [0.1, 0.15) is 12.8 Å². The Morgan fingerprint density at radius 2 is 2.26 bits per heavy atom. The molecule has 31 heavy (non-hydrogen) atoms. The molecule has 1 aliphatic heterocycles. The second-order valence-electron chi connectivity index (χ2n) is 7.33. The summed E-state index contributed by atoms with van der Waals surface area (Å²) in [7, 11) is 1.58. The number of nitrogens with zero attached hydrogens (tertiary/aromatic N) is 5. The molecule has 4 heterocycles. The molecule has 1 atom stereocenters. The molecule has 0 aliphatic carbocycles. The van der Waals surface area contributed by atoms with Crippen LogP contribution in [0.3, 0.4) is 0 Å². The first-order chi connectivity index (χ1) is 15.1. The Hall–Kier alpha value is -3.89. The van der Waals surface area contributed by atoms with Crippen molar-refractivity contribution in [2.45, 2.75) is 25.4 Å². The molecule has 11 nitrogen and oxygen atoms in total. The lowest BCUT2D eigenvalue weighted by Crippen LogP contribution is -2.44. The predicted molar refractivity (Wildman–Crippen MR) is 117 cm³/mol. The number of hydrogen-bond acceptors (Lipinski definition) is 7. The van der Waals surface area contributed by atoms with Gasteiger partial charge in [-0.15, -0.1) is 0 Å². The molecule has 162 valence electrons. The number of fused-ring (bicyclic) bond motifs is 1. The van der Waals surface area contributed by atoms with E-state index in [4.69, 9.17) is 0 Å². The van der Waals surface area contributed by atoms with Crippen molar-refractivity contribution in [2.75, 3.05) is 30.8 Å². The van der Waals surface area contributed by atoms with E-state index < -0.39 is 0 Å². The van der Waals surface area contributed by atoms with E-state index in [2.05, 4.69) is 42.6 Å². The lowest BCUT2D eigenvalue weighted by Gasteiger charge is -2.33. The second-order valence-corrected chi connectivity index (χ2v) is 7.33. The fourth-order valence-corrected chi connectivity index (χ4v) is 3.59. The lowest BCUT2D eigenvalue weighted by atomic mass is 10.1. The summed E-state index contributed by atoms with van der Waals surface area (Å²) in [5, 5.41) is 14.2. The molecule has 3 aromatic heterocycles. The van der Waals surface area contributed by atoms with Gasteiger partial charge in [-0.2, -0.15) is 15.1 Å². The lowest BCUT2D eigenvalue weighted by molar-refractivity contribution is -0.127. The van der Waals surface area contributed by atoms with Gasteiger partial charge in [0.15, 0.2) is 0 Å². The van der Waals surface area contributed by atoms with Crippen LogP contribution in [-0.4, -0.2) is 67.6 Å². The highest BCUT2D eigenvalue weighted by atomic mass is 16.2. The molecule has 0 radical (unpaired) electrons. The number of rotatable bonds is 7. The number of piperidine rings is 1. The highest BCUT2D eigenvalue weighted by Gasteiger charge is 2.23. The van der Waals surface area contributed by atoms with E-state index in [1.807, 2.05) is 12.3 Å². The normalized spacial score (nSPS) is 16.2. The molecule has 1 saturated heterocycles. The molecule has 2 amide bonds. The average Bonchev–Trinajstić information content (AvgIpc) is 3.42. The number of carbonyl (C=O) groups excluding carboxylic acids is 2. The Morgan fingerprint density at radius 3 is 3.06 bits per heavy atom. The van der Waals surface area contributed by atoms with Crippen molar-refractivity contribution < 1.29 is 9.59 Å². The Morgan fingerprint density at radius 1 is 1.39 bits per heavy atom. The zero-order valence-corrected chi connectivity index (χ0v) is 17.3. The monoisotopic (exact) mass is 423 g/mol. The van der Waals surface area contributed by atoms with E-state index in [1.165, 1.54) is 10.8 Å². The van der Waals surface area contributed by atoms with Crippen molar-refractivity contribution in [3.05, 3.63) is 37.3 Å². The van der Waals surface area contributed by atoms with Crippen molar-refractivity contribution in [1.82, 2.24) is 34.9 Å². The van der Waals surface area contributed by atoms with Crippen LogP contribution >= 0.6 is 0 Å². The van der Waals surface area contributed by atoms with E-state index in [1.54, 1.807) is 24.3 Å². The van der Waals surface area contributed by atoms with Gasteiger partial charge in [0.25, 0.3) is 0 Å². The fraction of sp³-hybridized carbons (Fsp3) is 0.350. The molecule has 4 rings (SSSR count). The van der Waals surface area contributed by atoms with Crippen LogP contribution in [0.15, 0.2) is 37.3 Å². The van der Waals surface area contributed by atoms with E-state index in [0.29, 0.717) is 29.6 Å². The molecule has 0 bridgehead atoms. The molecule has 1 unspecified atom stereocenters. The highest BCUT2D eigenvalue weighted by molar-refractivity contribution is 5.89. The maximum absolute atomic E-state index is 12.0. The Balaban J connectivity index is 1.52. The van der Waals surface area contributed by atoms with Crippen molar-refractivity contribution in [3.8, 4) is 0 Å². The number of likely N-dealkylation sites (tertiary alicyclic amines) is 1. The van der Waals surface area contributed by atoms with Gasteiger partial charge in [-0.3, -0.25) is 14.3 Å². The standard InChI is InChI=1S/C20H25N9O2/c1-3-17(31)28-8-4-5-13(10-28)24-19-15-6-7-22-18(15)26-20(27-19)25-14-9-23-29(11-14)12-16(30)21-2/h3,6-7,9,11,13H,1,4-5,8,10,12H2,2H3,(H,21,30)(H3,22,24,25,26,27). The van der Waals surface area contributed by atoms with Gasteiger partial charge in [-0.05, 0) is 25.0 Å². The maximum atomic E-state index is 12.0. The largest absolute Gasteiger partial charge is 0.365 e. The number of likely N-dealkylation sites (N-methyl/N-ethyl adjacent to an activating group) is 1. The molecule has 0 saturated carbocycles. The van der Waals surface area contributed by atoms with Gasteiger partial charge in [-0.25, -0.2) is 0 Å². The summed E-state index contributed by atoms with van der Waals surface area (Å²) in [4.78, 5) is 37.6. The minimum absolute atomic E-state index is 0.0582. The van der Waals surface area contributed by atoms with Crippen LogP contribution in [0.5, 0.6) is 0 Å². The molecular formula is C20H25N9O2. The third-order valence-electron chi connectivity index (χ3n) is 5.14. The van der Waals surface area contributed by atoms with Crippen LogP contribution in [0, 0.1) is 0 Å². The van der Waals surface area contributed by atoms with Crippen LogP contribution in [0.2, 0.25) is 0 Å². The first-order valence-electron chi connectivity index (χ1n) is 10.1. The van der Waals surface area contributed by atoms with E-state index in [-0.39, 0.29) is 24.4 Å². The molecule has 3 aromatic rings. The molecule has 0 spiro atoms. The van der Waals surface area contributed by atoms with E-state index in [9.17, 15) is 9.59 Å². The van der Waals surface area contributed by atoms with Crippen molar-refractivity contribution >= 4 is 40.3 Å². The highest BCUT2D eigenvalue weighted by Crippen LogP contribution is 2.25. The fourth-order valence-electron chi connectivity index (χ4n) is 3.59. The number of amides is 2.